The van der Waals surface area contributed by atoms with Crippen molar-refractivity contribution in [3.8, 4) is 0 Å². The summed E-state index contributed by atoms with van der Waals surface area (Å²) in [5.41, 5.74) is 4.96. The van der Waals surface area contributed by atoms with E-state index in [1.807, 2.05) is 13.8 Å². The maximum atomic E-state index is 12.1. The zero-order valence-corrected chi connectivity index (χ0v) is 9.60. The molecule has 0 aliphatic carbocycles. The number of alkyl halides is 3. The van der Waals surface area contributed by atoms with Gasteiger partial charge in [0.15, 0.2) is 6.10 Å². The summed E-state index contributed by atoms with van der Waals surface area (Å²) < 4.78 is 36.3. The Bertz CT molecular complexity index is 341. The van der Waals surface area contributed by atoms with Crippen LogP contribution in [0.2, 0.25) is 5.02 Å². The fraction of sp³-hybridized carbons (Fsp3) is 0.400. The van der Waals surface area contributed by atoms with Crippen LogP contribution >= 0.6 is 11.6 Å². The van der Waals surface area contributed by atoms with Gasteiger partial charge in [0, 0.05) is 16.3 Å². The van der Waals surface area contributed by atoms with Crippen LogP contribution in [0, 0.1) is 0 Å². The van der Waals surface area contributed by atoms with Crippen molar-refractivity contribution in [1.82, 2.24) is 0 Å². The highest BCUT2D eigenvalue weighted by atomic mass is 35.5. The molecule has 92 valence electrons. The highest BCUT2D eigenvalue weighted by molar-refractivity contribution is 6.31. The van der Waals surface area contributed by atoms with Crippen LogP contribution in [0.4, 0.5) is 18.9 Å². The fourth-order valence-electron chi connectivity index (χ4n) is 0.948. The third-order valence-corrected chi connectivity index (χ3v) is 1.97. The summed E-state index contributed by atoms with van der Waals surface area (Å²) in [6.07, 6.45) is -7.34. The Morgan fingerprint density at radius 1 is 1.31 bits per heavy atom. The van der Waals surface area contributed by atoms with Gasteiger partial charge in [0.1, 0.15) is 0 Å². The predicted molar refractivity (Wildman–Crippen MR) is 58.2 cm³/mol. The third kappa shape index (κ3) is 3.90. The lowest BCUT2D eigenvalue weighted by Crippen LogP contribution is -2.20. The Labute approximate surface area is 96.8 Å². The number of hydrogen-bond acceptors (Lipinski definition) is 2. The molecule has 0 radical (unpaired) electrons. The third-order valence-electron chi connectivity index (χ3n) is 1.62. The van der Waals surface area contributed by atoms with Crippen molar-refractivity contribution in [3.05, 3.63) is 28.8 Å². The van der Waals surface area contributed by atoms with Gasteiger partial charge >= 0.3 is 6.18 Å². The largest absolute Gasteiger partial charge is 0.418 e. The van der Waals surface area contributed by atoms with Crippen molar-refractivity contribution < 1.29 is 18.3 Å². The first-order valence-corrected chi connectivity index (χ1v) is 5.00. The van der Waals surface area contributed by atoms with Gasteiger partial charge < -0.3 is 10.8 Å². The molecule has 16 heavy (non-hydrogen) atoms. The minimum atomic E-state index is -4.74. The van der Waals surface area contributed by atoms with E-state index >= 15 is 0 Å². The van der Waals surface area contributed by atoms with E-state index in [2.05, 4.69) is 0 Å². The Morgan fingerprint density at radius 2 is 1.81 bits per heavy atom. The Morgan fingerprint density at radius 3 is 2.25 bits per heavy atom. The molecule has 1 aromatic carbocycles. The van der Waals surface area contributed by atoms with Crippen LogP contribution in [0.15, 0.2) is 18.2 Å². The van der Waals surface area contributed by atoms with Crippen LogP contribution in [-0.2, 0) is 0 Å². The molecule has 0 aliphatic heterocycles. The average Bonchev–Trinajstić information content (AvgIpc) is 2.22. The van der Waals surface area contributed by atoms with Crippen LogP contribution in [0.5, 0.6) is 0 Å². The molecule has 0 spiro atoms. The molecule has 1 unspecified atom stereocenters. The van der Waals surface area contributed by atoms with Crippen LogP contribution in [0.1, 0.15) is 25.5 Å². The van der Waals surface area contributed by atoms with E-state index in [-0.39, 0.29) is 10.7 Å². The second kappa shape index (κ2) is 5.96. The lowest BCUT2D eigenvalue weighted by molar-refractivity contribution is -0.206. The van der Waals surface area contributed by atoms with Crippen LogP contribution in [0.25, 0.3) is 0 Å². The minimum absolute atomic E-state index is 0.118. The van der Waals surface area contributed by atoms with Crippen molar-refractivity contribution in [2.24, 2.45) is 0 Å². The molecule has 1 atom stereocenters. The van der Waals surface area contributed by atoms with E-state index in [0.29, 0.717) is 0 Å². The van der Waals surface area contributed by atoms with Crippen molar-refractivity contribution in [2.45, 2.75) is 26.1 Å². The Kier molecular flexibility index (Phi) is 5.61. The standard InChI is InChI=1S/C8H7ClF3NO.C2H6/c9-6-2-1-4(13)3-5(6)7(14)8(10,11)12;1-2/h1-3,7,14H,13H2;1-2H3. The summed E-state index contributed by atoms with van der Waals surface area (Å²) in [6.45, 7) is 4.00. The topological polar surface area (TPSA) is 46.2 Å². The van der Waals surface area contributed by atoms with Crippen molar-refractivity contribution >= 4 is 17.3 Å². The highest BCUT2D eigenvalue weighted by Crippen LogP contribution is 2.36. The number of hydrogen-bond donors (Lipinski definition) is 2. The first-order chi connectivity index (χ1) is 7.32. The van der Waals surface area contributed by atoms with Crippen LogP contribution in [-0.4, -0.2) is 11.3 Å². The molecule has 0 saturated heterocycles. The Balaban J connectivity index is 0.00000106. The molecule has 0 bridgehead atoms. The minimum Gasteiger partial charge on any atom is -0.399 e. The normalized spacial score (nSPS) is 12.7. The van der Waals surface area contributed by atoms with Gasteiger partial charge in [-0.3, -0.25) is 0 Å². The van der Waals surface area contributed by atoms with E-state index < -0.39 is 17.8 Å². The molecule has 1 rings (SSSR count). The van der Waals surface area contributed by atoms with Gasteiger partial charge in [0.2, 0.25) is 0 Å². The van der Waals surface area contributed by atoms with Gasteiger partial charge in [-0.05, 0) is 18.2 Å². The van der Waals surface area contributed by atoms with Gasteiger partial charge in [-0.1, -0.05) is 25.4 Å². The highest BCUT2D eigenvalue weighted by Gasteiger charge is 2.40. The summed E-state index contributed by atoms with van der Waals surface area (Å²) in [4.78, 5) is 0. The molecule has 0 fully saturated rings. The molecule has 0 amide bonds. The SMILES string of the molecule is CC.Nc1ccc(Cl)c(C(O)C(F)(F)F)c1. The van der Waals surface area contributed by atoms with Crippen molar-refractivity contribution in [1.29, 1.82) is 0 Å². The maximum Gasteiger partial charge on any atom is 0.418 e. The lowest BCUT2D eigenvalue weighted by atomic mass is 10.1. The number of aliphatic hydroxyl groups excluding tert-OH is 1. The lowest BCUT2D eigenvalue weighted by Gasteiger charge is -2.16. The van der Waals surface area contributed by atoms with Crippen molar-refractivity contribution in [3.63, 3.8) is 0 Å². The van der Waals surface area contributed by atoms with Crippen molar-refractivity contribution in [2.75, 3.05) is 5.73 Å². The predicted octanol–water partition coefficient (Wildman–Crippen LogP) is 3.54. The van der Waals surface area contributed by atoms with Crippen LogP contribution < -0.4 is 5.73 Å². The van der Waals surface area contributed by atoms with E-state index in [9.17, 15) is 13.2 Å². The fourth-order valence-corrected chi connectivity index (χ4v) is 1.17. The van der Waals surface area contributed by atoms with E-state index in [1.165, 1.54) is 12.1 Å². The molecule has 3 N–H and O–H groups in total. The number of benzene rings is 1. The molecular weight excluding hydrogens is 243 g/mol. The van der Waals surface area contributed by atoms with Gasteiger partial charge in [-0.2, -0.15) is 13.2 Å². The number of nitrogens with two attached hydrogens (primary N) is 1. The van der Waals surface area contributed by atoms with Gasteiger partial charge in [0.25, 0.3) is 0 Å². The zero-order chi connectivity index (χ0) is 12.9. The average molecular weight is 256 g/mol. The van der Waals surface area contributed by atoms with Gasteiger partial charge in [-0.25, -0.2) is 0 Å². The molecule has 1 aromatic rings. The van der Waals surface area contributed by atoms with Gasteiger partial charge in [-0.15, -0.1) is 0 Å². The number of aliphatic hydroxyl groups is 1. The second-order valence-electron chi connectivity index (χ2n) is 2.73. The number of nitrogen functional groups attached to an aromatic ring is 1. The molecule has 0 saturated carbocycles. The monoisotopic (exact) mass is 255 g/mol. The molecular formula is C10H13ClF3NO. The quantitative estimate of drug-likeness (QED) is 0.754. The van der Waals surface area contributed by atoms with E-state index in [1.54, 1.807) is 0 Å². The Hall–Kier alpha value is -0.940. The molecule has 0 aliphatic rings. The maximum absolute atomic E-state index is 12.1. The molecule has 0 aromatic heterocycles. The number of anilines is 1. The number of rotatable bonds is 1. The molecule has 6 heteroatoms. The summed E-state index contributed by atoms with van der Waals surface area (Å²) in [7, 11) is 0. The van der Waals surface area contributed by atoms with E-state index in [4.69, 9.17) is 22.4 Å². The first kappa shape index (κ1) is 15.1. The summed E-state index contributed by atoms with van der Waals surface area (Å²) in [5.74, 6) is 0. The van der Waals surface area contributed by atoms with E-state index in [0.717, 1.165) is 6.07 Å². The summed E-state index contributed by atoms with van der Waals surface area (Å²) in [5, 5.41) is 8.73. The van der Waals surface area contributed by atoms with Gasteiger partial charge in [0.05, 0.1) is 0 Å². The zero-order valence-electron chi connectivity index (χ0n) is 8.85. The smallest absolute Gasteiger partial charge is 0.399 e. The first-order valence-electron chi connectivity index (χ1n) is 4.62. The molecule has 0 heterocycles. The van der Waals surface area contributed by atoms with Crippen LogP contribution in [0.3, 0.4) is 0 Å². The molecule has 2 nitrogen and oxygen atoms in total. The second-order valence-corrected chi connectivity index (χ2v) is 3.13. The summed E-state index contributed by atoms with van der Waals surface area (Å²) >= 11 is 5.48. The summed E-state index contributed by atoms with van der Waals surface area (Å²) in [6, 6.07) is 3.57. The number of halogens is 4.